The minimum absolute atomic E-state index is 0.194. The van der Waals surface area contributed by atoms with E-state index in [0.29, 0.717) is 16.3 Å². The van der Waals surface area contributed by atoms with Gasteiger partial charge in [0.05, 0.1) is 10.7 Å². The normalized spacial score (nSPS) is 10.2. The van der Waals surface area contributed by atoms with Crippen LogP contribution in [-0.4, -0.2) is 5.91 Å². The predicted octanol–water partition coefficient (Wildman–Crippen LogP) is 5.12. The molecule has 0 saturated carbocycles. The summed E-state index contributed by atoms with van der Waals surface area (Å²) in [5, 5.41) is 3.26. The van der Waals surface area contributed by atoms with Crippen molar-refractivity contribution in [2.45, 2.75) is 0 Å². The first-order chi connectivity index (χ1) is 8.56. The third kappa shape index (κ3) is 3.34. The van der Waals surface area contributed by atoms with Crippen molar-refractivity contribution in [2.24, 2.45) is 0 Å². The van der Waals surface area contributed by atoms with Crippen molar-refractivity contribution in [3.63, 3.8) is 0 Å². The van der Waals surface area contributed by atoms with Gasteiger partial charge in [0, 0.05) is 14.5 Å². The van der Waals surface area contributed by atoms with Gasteiger partial charge in [-0.15, -0.1) is 0 Å². The number of carbonyl (C=O) groups is 1. The summed E-state index contributed by atoms with van der Waals surface area (Å²) >= 11 is 12.7. The zero-order valence-electron chi connectivity index (χ0n) is 9.08. The molecule has 0 saturated heterocycles. The van der Waals surface area contributed by atoms with Crippen LogP contribution < -0.4 is 5.32 Å². The standard InChI is InChI=1S/C13H8Br2ClNO/c14-9-3-1-2-8(6-9)13(18)17-12-5-4-10(15)7-11(12)16/h1-7H,(H,17,18). The fraction of sp³-hybridized carbons (Fsp3) is 0. The van der Waals surface area contributed by atoms with Crippen molar-refractivity contribution < 1.29 is 4.79 Å². The van der Waals surface area contributed by atoms with Gasteiger partial charge in [-0.1, -0.05) is 49.5 Å². The highest BCUT2D eigenvalue weighted by Gasteiger charge is 2.08. The summed E-state index contributed by atoms with van der Waals surface area (Å²) in [4.78, 5) is 12.0. The molecule has 2 aromatic carbocycles. The topological polar surface area (TPSA) is 29.1 Å². The van der Waals surface area contributed by atoms with E-state index in [1.54, 1.807) is 24.3 Å². The summed E-state index contributed by atoms with van der Waals surface area (Å²) in [5.74, 6) is -0.194. The second-order valence-electron chi connectivity index (χ2n) is 3.59. The van der Waals surface area contributed by atoms with Crippen LogP contribution in [0.1, 0.15) is 10.4 Å². The Morgan fingerprint density at radius 2 is 1.78 bits per heavy atom. The number of anilines is 1. The first kappa shape index (κ1) is 13.6. The number of nitrogens with one attached hydrogen (secondary N) is 1. The maximum absolute atomic E-state index is 12.0. The van der Waals surface area contributed by atoms with Gasteiger partial charge >= 0.3 is 0 Å². The van der Waals surface area contributed by atoms with E-state index in [1.807, 2.05) is 18.2 Å². The summed E-state index contributed by atoms with van der Waals surface area (Å²) in [6, 6.07) is 12.5. The molecule has 5 heteroatoms. The maximum atomic E-state index is 12.0. The highest BCUT2D eigenvalue weighted by Crippen LogP contribution is 2.26. The van der Waals surface area contributed by atoms with Crippen LogP contribution in [0.4, 0.5) is 5.69 Å². The molecule has 2 aromatic rings. The summed E-state index contributed by atoms with van der Waals surface area (Å²) in [7, 11) is 0. The largest absolute Gasteiger partial charge is 0.321 e. The molecule has 0 heterocycles. The highest BCUT2D eigenvalue weighted by molar-refractivity contribution is 9.10. The Morgan fingerprint density at radius 1 is 1.06 bits per heavy atom. The fourth-order valence-corrected chi connectivity index (χ4v) is 2.53. The smallest absolute Gasteiger partial charge is 0.255 e. The molecule has 0 aliphatic rings. The Kier molecular flexibility index (Phi) is 4.43. The lowest BCUT2D eigenvalue weighted by atomic mass is 10.2. The molecule has 0 unspecified atom stereocenters. The molecule has 1 N–H and O–H groups in total. The van der Waals surface area contributed by atoms with Gasteiger partial charge < -0.3 is 5.32 Å². The molecule has 92 valence electrons. The van der Waals surface area contributed by atoms with E-state index in [-0.39, 0.29) is 5.91 Å². The molecule has 2 nitrogen and oxygen atoms in total. The van der Waals surface area contributed by atoms with Crippen molar-refractivity contribution in [3.8, 4) is 0 Å². The first-order valence-electron chi connectivity index (χ1n) is 5.08. The first-order valence-corrected chi connectivity index (χ1v) is 7.04. The molecule has 0 atom stereocenters. The summed E-state index contributed by atoms with van der Waals surface area (Å²) in [6.07, 6.45) is 0. The predicted molar refractivity (Wildman–Crippen MR) is 81.2 cm³/mol. The van der Waals surface area contributed by atoms with Crippen LogP contribution in [-0.2, 0) is 0 Å². The zero-order valence-corrected chi connectivity index (χ0v) is 13.0. The van der Waals surface area contributed by atoms with Crippen LogP contribution >= 0.6 is 43.5 Å². The Bertz CT molecular complexity index is 601. The number of hydrogen-bond donors (Lipinski definition) is 1. The maximum Gasteiger partial charge on any atom is 0.255 e. The SMILES string of the molecule is O=C(Nc1ccc(Br)cc1Cl)c1cccc(Br)c1. The van der Waals surface area contributed by atoms with Crippen LogP contribution in [0, 0.1) is 0 Å². The summed E-state index contributed by atoms with van der Waals surface area (Å²) < 4.78 is 1.73. The van der Waals surface area contributed by atoms with E-state index in [2.05, 4.69) is 37.2 Å². The van der Waals surface area contributed by atoms with Crippen molar-refractivity contribution in [1.29, 1.82) is 0 Å². The molecule has 0 spiro atoms. The molecule has 1 amide bonds. The van der Waals surface area contributed by atoms with E-state index < -0.39 is 0 Å². The van der Waals surface area contributed by atoms with Gasteiger partial charge in [0.1, 0.15) is 0 Å². The third-order valence-corrected chi connectivity index (χ3v) is 3.57. The van der Waals surface area contributed by atoms with Gasteiger partial charge in [0.15, 0.2) is 0 Å². The molecular weight excluding hydrogens is 381 g/mol. The van der Waals surface area contributed by atoms with E-state index in [4.69, 9.17) is 11.6 Å². The number of rotatable bonds is 2. The second-order valence-corrected chi connectivity index (χ2v) is 5.83. The summed E-state index contributed by atoms with van der Waals surface area (Å²) in [6.45, 7) is 0. The third-order valence-electron chi connectivity index (χ3n) is 2.27. The van der Waals surface area contributed by atoms with Crippen molar-refractivity contribution in [1.82, 2.24) is 0 Å². The Labute approximate surface area is 127 Å². The van der Waals surface area contributed by atoms with Crippen LogP contribution in [0.3, 0.4) is 0 Å². The molecule has 18 heavy (non-hydrogen) atoms. The number of carbonyl (C=O) groups excluding carboxylic acids is 1. The average molecular weight is 389 g/mol. The van der Waals surface area contributed by atoms with Gasteiger partial charge in [0.2, 0.25) is 0 Å². The van der Waals surface area contributed by atoms with E-state index in [0.717, 1.165) is 8.95 Å². The molecule has 0 bridgehead atoms. The average Bonchev–Trinajstić information content (AvgIpc) is 2.32. The molecule has 2 rings (SSSR count). The van der Waals surface area contributed by atoms with Gasteiger partial charge in [0.25, 0.3) is 5.91 Å². The number of benzene rings is 2. The number of halogens is 3. The molecule has 0 aromatic heterocycles. The van der Waals surface area contributed by atoms with Gasteiger partial charge in [-0.05, 0) is 36.4 Å². The lowest BCUT2D eigenvalue weighted by Crippen LogP contribution is -2.12. The zero-order chi connectivity index (χ0) is 13.1. The van der Waals surface area contributed by atoms with E-state index in [9.17, 15) is 4.79 Å². The van der Waals surface area contributed by atoms with Crippen LogP contribution in [0.5, 0.6) is 0 Å². The van der Waals surface area contributed by atoms with E-state index in [1.165, 1.54) is 0 Å². The quantitative estimate of drug-likeness (QED) is 0.759. The molecule has 0 radical (unpaired) electrons. The summed E-state index contributed by atoms with van der Waals surface area (Å²) in [5.41, 5.74) is 1.16. The molecular formula is C13H8Br2ClNO. The molecule has 0 aliphatic heterocycles. The van der Waals surface area contributed by atoms with E-state index >= 15 is 0 Å². The Morgan fingerprint density at radius 3 is 2.44 bits per heavy atom. The van der Waals surface area contributed by atoms with Gasteiger partial charge in [-0.3, -0.25) is 4.79 Å². The Balaban J connectivity index is 2.21. The molecule has 0 fully saturated rings. The van der Waals surface area contributed by atoms with Crippen LogP contribution in [0.15, 0.2) is 51.4 Å². The van der Waals surface area contributed by atoms with Crippen LogP contribution in [0.25, 0.3) is 0 Å². The lowest BCUT2D eigenvalue weighted by molar-refractivity contribution is 0.102. The minimum Gasteiger partial charge on any atom is -0.321 e. The monoisotopic (exact) mass is 387 g/mol. The minimum atomic E-state index is -0.194. The van der Waals surface area contributed by atoms with Crippen molar-refractivity contribution in [3.05, 3.63) is 62.0 Å². The highest BCUT2D eigenvalue weighted by atomic mass is 79.9. The number of amides is 1. The van der Waals surface area contributed by atoms with Gasteiger partial charge in [-0.25, -0.2) is 0 Å². The van der Waals surface area contributed by atoms with Crippen molar-refractivity contribution >= 4 is 55.1 Å². The van der Waals surface area contributed by atoms with Gasteiger partial charge in [-0.2, -0.15) is 0 Å². The Hall–Kier alpha value is -0.840. The lowest BCUT2D eigenvalue weighted by Gasteiger charge is -2.07. The van der Waals surface area contributed by atoms with Crippen LogP contribution in [0.2, 0.25) is 5.02 Å². The second kappa shape index (κ2) is 5.87. The number of hydrogen-bond acceptors (Lipinski definition) is 1. The fourth-order valence-electron chi connectivity index (χ4n) is 1.42. The molecule has 0 aliphatic carbocycles. The van der Waals surface area contributed by atoms with Crippen molar-refractivity contribution in [2.75, 3.05) is 5.32 Å².